The summed E-state index contributed by atoms with van der Waals surface area (Å²) in [4.78, 5) is 10.6. The van der Waals surface area contributed by atoms with E-state index in [-0.39, 0.29) is 0 Å². The molecule has 0 aliphatic rings. The lowest BCUT2D eigenvalue weighted by atomic mass is 10.3. The summed E-state index contributed by atoms with van der Waals surface area (Å²) in [5, 5.41) is 1.87. The summed E-state index contributed by atoms with van der Waals surface area (Å²) in [7, 11) is 0. The molecule has 1 aromatic carbocycles. The van der Waals surface area contributed by atoms with Gasteiger partial charge in [0, 0.05) is 0 Å². The van der Waals surface area contributed by atoms with Gasteiger partial charge in [0.05, 0.1) is 5.69 Å². The number of rotatable bonds is 1. The van der Waals surface area contributed by atoms with Crippen LogP contribution >= 0.6 is 0 Å². The van der Waals surface area contributed by atoms with Crippen LogP contribution in [0.25, 0.3) is 0 Å². The molecule has 0 unspecified atom stereocenters. The zero-order valence-corrected chi connectivity index (χ0v) is 6.77. The van der Waals surface area contributed by atoms with Gasteiger partial charge in [0.15, 0.2) is 17.5 Å². The first-order valence-corrected chi connectivity index (χ1v) is 3.47. The van der Waals surface area contributed by atoms with Crippen molar-refractivity contribution in [3.63, 3.8) is 0 Å². The maximum atomic E-state index is 12.9. The molecular weight excluding hydrogens is 199 g/mol. The van der Waals surface area contributed by atoms with E-state index in [1.54, 1.807) is 5.43 Å². The third-order valence-corrected chi connectivity index (χ3v) is 1.41. The Morgan fingerprint density at radius 2 is 1.86 bits per heavy atom. The van der Waals surface area contributed by atoms with E-state index in [0.717, 1.165) is 6.07 Å². The third kappa shape index (κ3) is 1.94. The molecule has 0 aliphatic heterocycles. The molecule has 2 amide bonds. The molecule has 0 saturated carbocycles. The summed E-state index contributed by atoms with van der Waals surface area (Å²) in [6.45, 7) is 0. The van der Waals surface area contributed by atoms with Crippen molar-refractivity contribution in [1.29, 1.82) is 0 Å². The summed E-state index contributed by atoms with van der Waals surface area (Å²) in [6, 6.07) is 0.628. The Labute approximate surface area is 76.9 Å². The first-order valence-electron chi connectivity index (χ1n) is 3.47. The topological polar surface area (TPSA) is 67.1 Å². The average molecular weight is 205 g/mol. The van der Waals surface area contributed by atoms with E-state index in [0.29, 0.717) is 6.07 Å². The molecule has 1 rings (SSSR count). The number of carbonyl (C=O) groups excluding carboxylic acids is 1. The van der Waals surface area contributed by atoms with Crippen LogP contribution in [0, 0.1) is 17.5 Å². The molecule has 0 aromatic heterocycles. The number of nitrogens with two attached hydrogens (primary N) is 1. The standard InChI is InChI=1S/C7H6F3N3O/c8-3-1-2-4(6(10)5(3)9)12-7(14)13-11/h1-2H,11H2,(H2,12,13,14). The van der Waals surface area contributed by atoms with Gasteiger partial charge in [-0.2, -0.15) is 0 Å². The number of halogens is 3. The lowest BCUT2D eigenvalue weighted by Crippen LogP contribution is -2.34. The number of amides is 2. The number of carbonyl (C=O) groups is 1. The van der Waals surface area contributed by atoms with Crippen molar-refractivity contribution in [2.45, 2.75) is 0 Å². The van der Waals surface area contributed by atoms with Gasteiger partial charge >= 0.3 is 6.03 Å². The number of benzene rings is 1. The summed E-state index contributed by atoms with van der Waals surface area (Å²) in [5.74, 6) is 0.222. The van der Waals surface area contributed by atoms with Gasteiger partial charge < -0.3 is 5.32 Å². The Kier molecular flexibility index (Phi) is 2.92. The fraction of sp³-hybridized carbons (Fsp3) is 0. The fourth-order valence-electron chi connectivity index (χ4n) is 0.781. The van der Waals surface area contributed by atoms with E-state index >= 15 is 0 Å². The second-order valence-electron chi connectivity index (χ2n) is 2.32. The van der Waals surface area contributed by atoms with Crippen molar-refractivity contribution < 1.29 is 18.0 Å². The molecule has 0 atom stereocenters. The zero-order valence-electron chi connectivity index (χ0n) is 6.77. The molecule has 1 aromatic rings. The zero-order chi connectivity index (χ0) is 10.7. The average Bonchev–Trinajstić information content (AvgIpc) is 2.19. The molecule has 0 aliphatic carbocycles. The van der Waals surface area contributed by atoms with Gasteiger partial charge in [0.25, 0.3) is 0 Å². The van der Waals surface area contributed by atoms with Crippen molar-refractivity contribution in [3.8, 4) is 0 Å². The second kappa shape index (κ2) is 3.97. The maximum Gasteiger partial charge on any atom is 0.333 e. The Bertz CT molecular complexity index is 369. The van der Waals surface area contributed by atoms with E-state index < -0.39 is 29.2 Å². The van der Waals surface area contributed by atoms with Crippen molar-refractivity contribution in [3.05, 3.63) is 29.6 Å². The van der Waals surface area contributed by atoms with Crippen LogP contribution in [-0.2, 0) is 0 Å². The molecule has 0 bridgehead atoms. The summed E-state index contributed by atoms with van der Waals surface area (Å²) >= 11 is 0. The molecule has 0 heterocycles. The first kappa shape index (κ1) is 10.3. The Balaban J connectivity index is 3.00. The van der Waals surface area contributed by atoms with Crippen LogP contribution in [0.15, 0.2) is 12.1 Å². The van der Waals surface area contributed by atoms with Crippen LogP contribution in [0.5, 0.6) is 0 Å². The molecule has 14 heavy (non-hydrogen) atoms. The van der Waals surface area contributed by atoms with Crippen LogP contribution in [0.4, 0.5) is 23.7 Å². The molecule has 0 saturated heterocycles. The lowest BCUT2D eigenvalue weighted by molar-refractivity contribution is 0.252. The first-order chi connectivity index (χ1) is 6.56. The minimum absolute atomic E-state index is 0.494. The quantitative estimate of drug-likeness (QED) is 0.278. The number of urea groups is 1. The number of hydrogen-bond donors (Lipinski definition) is 3. The molecule has 0 fully saturated rings. The van der Waals surface area contributed by atoms with E-state index in [2.05, 4.69) is 5.84 Å². The van der Waals surface area contributed by atoms with E-state index in [4.69, 9.17) is 0 Å². The highest BCUT2D eigenvalue weighted by Gasteiger charge is 2.14. The maximum absolute atomic E-state index is 12.9. The minimum Gasteiger partial charge on any atom is -0.304 e. The van der Waals surface area contributed by atoms with E-state index in [9.17, 15) is 18.0 Å². The highest BCUT2D eigenvalue weighted by molar-refractivity contribution is 5.88. The number of hydrogen-bond acceptors (Lipinski definition) is 2. The van der Waals surface area contributed by atoms with Crippen LogP contribution in [0.2, 0.25) is 0 Å². The Morgan fingerprint density at radius 3 is 2.43 bits per heavy atom. The Hall–Kier alpha value is -1.76. The SMILES string of the molecule is NNC(=O)Nc1ccc(F)c(F)c1F. The lowest BCUT2D eigenvalue weighted by Gasteiger charge is -2.05. The minimum atomic E-state index is -1.65. The second-order valence-corrected chi connectivity index (χ2v) is 2.32. The van der Waals surface area contributed by atoms with Gasteiger partial charge in [-0.1, -0.05) is 0 Å². The molecule has 7 heteroatoms. The van der Waals surface area contributed by atoms with Gasteiger partial charge in [-0.25, -0.2) is 23.8 Å². The smallest absolute Gasteiger partial charge is 0.304 e. The van der Waals surface area contributed by atoms with Crippen molar-refractivity contribution in [2.24, 2.45) is 5.84 Å². The van der Waals surface area contributed by atoms with Gasteiger partial charge in [-0.3, -0.25) is 5.43 Å². The van der Waals surface area contributed by atoms with Crippen LogP contribution in [-0.4, -0.2) is 6.03 Å². The van der Waals surface area contributed by atoms with E-state index in [1.165, 1.54) is 0 Å². The fourth-order valence-corrected chi connectivity index (χ4v) is 0.781. The monoisotopic (exact) mass is 205 g/mol. The Morgan fingerprint density at radius 1 is 1.21 bits per heavy atom. The largest absolute Gasteiger partial charge is 0.333 e. The van der Waals surface area contributed by atoms with Gasteiger partial charge in [-0.05, 0) is 12.1 Å². The number of nitrogens with one attached hydrogen (secondary N) is 2. The normalized spacial score (nSPS) is 9.71. The highest BCUT2D eigenvalue weighted by atomic mass is 19.2. The molecular formula is C7H6F3N3O. The molecule has 4 N–H and O–H groups in total. The highest BCUT2D eigenvalue weighted by Crippen LogP contribution is 2.19. The summed E-state index contributed by atoms with van der Waals surface area (Å²) < 4.78 is 37.9. The third-order valence-electron chi connectivity index (χ3n) is 1.41. The number of hydrazine groups is 1. The van der Waals surface area contributed by atoms with Crippen LogP contribution < -0.4 is 16.6 Å². The molecule has 0 spiro atoms. The predicted molar refractivity (Wildman–Crippen MR) is 42.7 cm³/mol. The van der Waals surface area contributed by atoms with Crippen LogP contribution in [0.1, 0.15) is 0 Å². The van der Waals surface area contributed by atoms with Gasteiger partial charge in [-0.15, -0.1) is 0 Å². The van der Waals surface area contributed by atoms with Crippen LogP contribution in [0.3, 0.4) is 0 Å². The number of anilines is 1. The van der Waals surface area contributed by atoms with Gasteiger partial charge in [0.2, 0.25) is 0 Å². The van der Waals surface area contributed by atoms with Crippen molar-refractivity contribution >= 4 is 11.7 Å². The van der Waals surface area contributed by atoms with Crippen molar-refractivity contribution in [1.82, 2.24) is 5.43 Å². The molecule has 76 valence electrons. The predicted octanol–water partition coefficient (Wildman–Crippen LogP) is 1.10. The molecule has 4 nitrogen and oxygen atoms in total. The van der Waals surface area contributed by atoms with Crippen molar-refractivity contribution in [2.75, 3.05) is 5.32 Å². The summed E-state index contributed by atoms with van der Waals surface area (Å²) in [5.41, 5.74) is 1.15. The van der Waals surface area contributed by atoms with Gasteiger partial charge in [0.1, 0.15) is 0 Å². The summed E-state index contributed by atoms with van der Waals surface area (Å²) in [6.07, 6.45) is 0. The molecule has 0 radical (unpaired) electrons. The van der Waals surface area contributed by atoms with E-state index in [1.807, 2.05) is 5.32 Å².